The molecule has 0 aromatic heterocycles. The molecular weight excluding hydrogens is 422 g/mol. The average Bonchev–Trinajstić information content (AvgIpc) is 1.58. The number of diazo groups is 1. The van der Waals surface area contributed by atoms with Crippen LogP contribution >= 0.6 is 64.6 Å². The molecule has 0 aromatic carbocycles. The number of rotatable bonds is 0. The van der Waals surface area contributed by atoms with Gasteiger partial charge in [-0.1, -0.05) is 11.6 Å². The van der Waals surface area contributed by atoms with Gasteiger partial charge >= 0.3 is 68.3 Å². The van der Waals surface area contributed by atoms with Gasteiger partial charge in [-0.25, -0.2) is 0 Å². The molecule has 0 fully saturated rings. The predicted molar refractivity (Wildman–Crippen MR) is 60.9 cm³/mol. The van der Waals surface area contributed by atoms with Crippen molar-refractivity contribution in [1.82, 2.24) is 0 Å². The first-order valence-electron chi connectivity index (χ1n) is 2.02. The van der Waals surface area contributed by atoms with Gasteiger partial charge in [0.2, 0.25) is 5.39 Å². The molecule has 12 heavy (non-hydrogen) atoms. The number of hydrogen-bond donors (Lipinski definition) is 0. The van der Waals surface area contributed by atoms with E-state index >= 15 is 0 Å². The van der Waals surface area contributed by atoms with E-state index in [1.165, 1.54) is 0 Å². The van der Waals surface area contributed by atoms with E-state index in [-0.39, 0.29) is 0 Å². The van der Waals surface area contributed by atoms with Gasteiger partial charge in [-0.2, -0.15) is 0 Å². The Bertz CT molecular complexity index is 192. The molecule has 0 aromatic rings. The summed E-state index contributed by atoms with van der Waals surface area (Å²) in [7, 11) is 25.0. The zero-order chi connectivity index (χ0) is 10.5. The molecule has 0 aliphatic carbocycles. The molecule has 0 saturated heterocycles. The SMILES string of the molecule is N#[N+]/C=C/Cl.[Cl][Sb-]([Cl])([Cl])([Cl])([Cl])[Cl]. The summed E-state index contributed by atoms with van der Waals surface area (Å²) in [6.07, 6.45) is 1.07. The van der Waals surface area contributed by atoms with Crippen molar-refractivity contribution in [3.8, 4) is 0 Å². The van der Waals surface area contributed by atoms with Crippen LogP contribution in [0.2, 0.25) is 0 Å². The molecule has 0 radical (unpaired) electrons. The van der Waals surface area contributed by atoms with Crippen LogP contribution in [0.1, 0.15) is 0 Å². The maximum absolute atomic E-state index is 7.52. The Kier molecular flexibility index (Phi) is 6.42. The summed E-state index contributed by atoms with van der Waals surface area (Å²) in [5, 5.41) is 7.52. The molecule has 0 aliphatic heterocycles. The van der Waals surface area contributed by atoms with Gasteiger partial charge in [-0.15, -0.1) is 0 Å². The molecular formula is C2H2Cl7N2Sb. The maximum atomic E-state index is 7.52. The molecule has 0 amide bonds. The van der Waals surface area contributed by atoms with Gasteiger partial charge < -0.3 is 0 Å². The van der Waals surface area contributed by atoms with E-state index in [0.717, 1.165) is 11.7 Å². The topological polar surface area (TPSA) is 28.1 Å². The van der Waals surface area contributed by atoms with E-state index in [9.17, 15) is 0 Å². The molecule has 0 aliphatic rings. The van der Waals surface area contributed by atoms with Crippen LogP contribution in [0.15, 0.2) is 11.7 Å². The van der Waals surface area contributed by atoms with Crippen LogP contribution in [0.3, 0.4) is 0 Å². The van der Waals surface area contributed by atoms with Crippen molar-refractivity contribution in [2.75, 3.05) is 0 Å². The number of nitrogens with zero attached hydrogens (tertiary/aromatic N) is 2. The monoisotopic (exact) mass is 420 g/mol. The van der Waals surface area contributed by atoms with Crippen LogP contribution in [0.5, 0.6) is 0 Å². The fraction of sp³-hybridized carbons (Fsp3) is 0. The number of halogens is 7. The summed E-state index contributed by atoms with van der Waals surface area (Å²) < 4.78 is 0. The summed E-state index contributed by atoms with van der Waals surface area (Å²) in [5.74, 6) is 0. The zero-order valence-electron chi connectivity index (χ0n) is 5.14. The molecule has 0 unspecified atom stereocenters. The molecule has 0 atom stereocenters. The van der Waals surface area contributed by atoms with Crippen molar-refractivity contribution in [2.24, 2.45) is 0 Å². The van der Waals surface area contributed by atoms with Gasteiger partial charge in [-0.3, -0.25) is 0 Å². The van der Waals surface area contributed by atoms with Gasteiger partial charge in [0.05, 0.1) is 5.54 Å². The zero-order valence-corrected chi connectivity index (χ0v) is 13.0. The van der Waals surface area contributed by atoms with Gasteiger partial charge in [0.15, 0.2) is 4.98 Å². The fourth-order valence-corrected chi connectivity index (χ4v) is 0.0756. The van der Waals surface area contributed by atoms with E-state index in [1.807, 2.05) is 0 Å². The van der Waals surface area contributed by atoms with Gasteiger partial charge in [0.25, 0.3) is 0 Å². The summed E-state index contributed by atoms with van der Waals surface area (Å²) in [6, 6.07) is 0. The van der Waals surface area contributed by atoms with E-state index in [1.54, 1.807) is 0 Å². The predicted octanol–water partition coefficient (Wildman–Crippen LogP) is 5.31. The van der Waals surface area contributed by atoms with Crippen molar-refractivity contribution in [3.63, 3.8) is 0 Å². The first kappa shape index (κ1) is 16.4. The van der Waals surface area contributed by atoms with E-state index in [4.69, 9.17) is 70.0 Å². The van der Waals surface area contributed by atoms with Crippen molar-refractivity contribution in [2.45, 2.75) is 0 Å². The van der Waals surface area contributed by atoms with Crippen molar-refractivity contribution in [1.29, 1.82) is 5.39 Å². The molecule has 10 heteroatoms. The molecule has 0 bridgehead atoms. The second-order valence-corrected chi connectivity index (χ2v) is 58.5. The second-order valence-electron chi connectivity index (χ2n) is 1.35. The summed E-state index contributed by atoms with van der Waals surface area (Å²) >= 11 is 4.87. The van der Waals surface area contributed by atoms with Gasteiger partial charge in [-0.05, 0) is 0 Å². The number of hydrogen-bond acceptors (Lipinski definition) is 1. The fourth-order valence-electron chi connectivity index (χ4n) is 0.0252. The van der Waals surface area contributed by atoms with E-state index in [0.29, 0.717) is 0 Å². The molecule has 0 N–H and O–H groups in total. The summed E-state index contributed by atoms with van der Waals surface area (Å²) in [6.45, 7) is 0. The second kappa shape index (κ2) is 4.69. The Morgan fingerprint density at radius 3 is 1.25 bits per heavy atom. The quantitative estimate of drug-likeness (QED) is 0.383. The third-order valence-electron chi connectivity index (χ3n) is 0.123. The molecule has 74 valence electrons. The first-order chi connectivity index (χ1) is 4.86. The minimum atomic E-state index is -5.42. The third kappa shape index (κ3) is 90.6. The van der Waals surface area contributed by atoms with E-state index in [2.05, 4.69) is 4.98 Å². The Morgan fingerprint density at radius 1 is 1.00 bits per heavy atom. The van der Waals surface area contributed by atoms with Crippen molar-refractivity contribution < 1.29 is 0 Å². The van der Waals surface area contributed by atoms with Crippen LogP contribution in [0, 0.1) is 5.39 Å². The summed E-state index contributed by atoms with van der Waals surface area (Å²) in [5.41, 5.74) is 1.11. The minimum absolute atomic E-state index is 1.07. The Balaban J connectivity index is 0. The van der Waals surface area contributed by atoms with Crippen LogP contribution in [-0.2, 0) is 0 Å². The summed E-state index contributed by atoms with van der Waals surface area (Å²) in [4.78, 5) is 2.54. The standard InChI is InChI=1S/C2H2ClN2.6ClH.Sb/c3-1-2-5-4;;;;;;;/h1-2H;6*1H;/q+1;;;;;;;+5/p-6/b2-1+;;;;;;;. The van der Waals surface area contributed by atoms with Crippen molar-refractivity contribution >= 4 is 73.7 Å². The normalized spacial score (nSPS) is 16.8. The van der Waals surface area contributed by atoms with Crippen LogP contribution in [-0.4, -0.2) is 9.14 Å². The molecule has 0 saturated carbocycles. The molecule has 0 rings (SSSR count). The first-order valence-corrected chi connectivity index (χ1v) is 21.9. The molecule has 0 heterocycles. The van der Waals surface area contributed by atoms with Crippen LogP contribution in [0.4, 0.5) is 0 Å². The van der Waals surface area contributed by atoms with E-state index < -0.39 is 9.14 Å². The van der Waals surface area contributed by atoms with Crippen LogP contribution in [0.25, 0.3) is 4.98 Å². The van der Waals surface area contributed by atoms with Gasteiger partial charge in [0, 0.05) is 0 Å². The average molecular weight is 424 g/mol. The third-order valence-corrected chi connectivity index (χ3v) is 0.236. The Labute approximate surface area is 94.4 Å². The Morgan fingerprint density at radius 2 is 1.25 bits per heavy atom. The molecule has 0 spiro atoms. The van der Waals surface area contributed by atoms with Gasteiger partial charge in [0.1, 0.15) is 0 Å². The van der Waals surface area contributed by atoms with Crippen molar-refractivity contribution in [3.05, 3.63) is 16.7 Å². The Hall–Kier alpha value is 2.01. The van der Waals surface area contributed by atoms with Crippen LogP contribution < -0.4 is 0 Å². The molecule has 2 nitrogen and oxygen atoms in total.